The van der Waals surface area contributed by atoms with Gasteiger partial charge in [-0.25, -0.2) is 0 Å². The molecule has 1 atom stereocenters. The van der Waals surface area contributed by atoms with Gasteiger partial charge in [-0.05, 0) is 31.5 Å². The molecule has 0 radical (unpaired) electrons. The lowest BCUT2D eigenvalue weighted by Crippen LogP contribution is -2.38. The Hall–Kier alpha value is -1.40. The third-order valence-electron chi connectivity index (χ3n) is 2.57. The van der Waals surface area contributed by atoms with Gasteiger partial charge in [0.15, 0.2) is 12.9 Å². The minimum Gasteiger partial charge on any atom is -0.483 e. The molecule has 1 rings (SSSR count). The van der Waals surface area contributed by atoms with E-state index in [0.29, 0.717) is 24.2 Å². The van der Waals surface area contributed by atoms with Crippen LogP contribution in [-0.2, 0) is 9.53 Å². The molecular weight excluding hydrogens is 326 g/mol. The molecule has 1 aromatic carbocycles. The molecule has 0 bridgehead atoms. The number of aryl methyl sites for hydroxylation is 1. The molecule has 20 heavy (non-hydrogen) atoms. The van der Waals surface area contributed by atoms with Gasteiger partial charge in [-0.3, -0.25) is 9.59 Å². The van der Waals surface area contributed by atoms with E-state index in [1.807, 2.05) is 19.9 Å². The van der Waals surface area contributed by atoms with Gasteiger partial charge >= 0.3 is 0 Å². The van der Waals surface area contributed by atoms with Crippen molar-refractivity contribution in [3.63, 3.8) is 0 Å². The second-order valence-electron chi connectivity index (χ2n) is 4.47. The largest absolute Gasteiger partial charge is 0.483 e. The quantitative estimate of drug-likeness (QED) is 0.770. The van der Waals surface area contributed by atoms with Crippen LogP contribution < -0.4 is 10.1 Å². The second kappa shape index (κ2) is 8.01. The molecule has 0 aliphatic rings. The van der Waals surface area contributed by atoms with E-state index in [0.717, 1.165) is 10.0 Å². The minimum absolute atomic E-state index is 0.0901. The van der Waals surface area contributed by atoms with Crippen molar-refractivity contribution >= 4 is 28.1 Å². The van der Waals surface area contributed by atoms with E-state index in [-0.39, 0.29) is 18.6 Å². The van der Waals surface area contributed by atoms with Gasteiger partial charge in [-0.2, -0.15) is 0 Å². The molecule has 1 N–H and O–H groups in total. The molecule has 0 spiro atoms. The number of halogens is 1. The van der Waals surface area contributed by atoms with E-state index in [1.165, 1.54) is 0 Å². The summed E-state index contributed by atoms with van der Waals surface area (Å²) in [6.45, 7) is 3.95. The maximum Gasteiger partial charge on any atom is 0.258 e. The lowest BCUT2D eigenvalue weighted by Gasteiger charge is -2.15. The van der Waals surface area contributed by atoms with Gasteiger partial charge < -0.3 is 14.8 Å². The summed E-state index contributed by atoms with van der Waals surface area (Å²) in [6.07, 6.45) is 0.707. The van der Waals surface area contributed by atoms with Crippen molar-refractivity contribution in [2.75, 3.05) is 20.3 Å². The highest BCUT2D eigenvalue weighted by Gasteiger charge is 2.12. The van der Waals surface area contributed by atoms with Crippen LogP contribution in [0.2, 0.25) is 0 Å². The highest BCUT2D eigenvalue weighted by molar-refractivity contribution is 9.10. The predicted octanol–water partition coefficient (Wildman–Crippen LogP) is 2.10. The average Bonchev–Trinajstić information content (AvgIpc) is 2.36. The monoisotopic (exact) mass is 343 g/mol. The van der Waals surface area contributed by atoms with Crippen molar-refractivity contribution in [3.05, 3.63) is 27.7 Å². The van der Waals surface area contributed by atoms with Crippen molar-refractivity contribution in [2.24, 2.45) is 0 Å². The number of carbonyl (C=O) groups is 2. The number of hydrogen-bond donors (Lipinski definition) is 1. The standard InChI is InChI=1S/C14H18BrNO4/c1-9-4-12(15)5-11(6-17)14(9)20-8-13(18)16-10(2)7-19-3/h4-6,10H,7-8H2,1-3H3,(H,16,18). The zero-order valence-electron chi connectivity index (χ0n) is 11.7. The Labute approximate surface area is 126 Å². The molecule has 0 saturated heterocycles. The van der Waals surface area contributed by atoms with Crippen molar-refractivity contribution < 1.29 is 19.1 Å². The van der Waals surface area contributed by atoms with Crippen LogP contribution in [0.4, 0.5) is 0 Å². The van der Waals surface area contributed by atoms with E-state index >= 15 is 0 Å². The number of nitrogens with one attached hydrogen (secondary N) is 1. The Balaban J connectivity index is 2.66. The maximum atomic E-state index is 11.7. The third-order valence-corrected chi connectivity index (χ3v) is 3.02. The molecule has 0 fully saturated rings. The van der Waals surface area contributed by atoms with Gasteiger partial charge in [0.2, 0.25) is 0 Å². The molecule has 6 heteroatoms. The van der Waals surface area contributed by atoms with E-state index in [4.69, 9.17) is 9.47 Å². The van der Waals surface area contributed by atoms with Gasteiger partial charge in [-0.15, -0.1) is 0 Å². The lowest BCUT2D eigenvalue weighted by atomic mass is 10.1. The van der Waals surface area contributed by atoms with Gasteiger partial charge in [-0.1, -0.05) is 15.9 Å². The van der Waals surface area contributed by atoms with Gasteiger partial charge in [0.1, 0.15) is 5.75 Å². The fraction of sp³-hybridized carbons (Fsp3) is 0.429. The third kappa shape index (κ3) is 4.94. The summed E-state index contributed by atoms with van der Waals surface area (Å²) in [5.74, 6) is 0.173. The Morgan fingerprint density at radius 1 is 1.50 bits per heavy atom. The molecule has 5 nitrogen and oxygen atoms in total. The Kier molecular flexibility index (Phi) is 6.67. The number of ether oxygens (including phenoxy) is 2. The maximum absolute atomic E-state index is 11.7. The topological polar surface area (TPSA) is 64.6 Å². The first kappa shape index (κ1) is 16.7. The number of benzene rings is 1. The minimum atomic E-state index is -0.256. The Bertz CT molecular complexity index is 490. The normalized spacial score (nSPS) is 11.8. The summed E-state index contributed by atoms with van der Waals surface area (Å²) >= 11 is 3.31. The van der Waals surface area contributed by atoms with E-state index in [9.17, 15) is 9.59 Å². The van der Waals surface area contributed by atoms with Gasteiger partial charge in [0, 0.05) is 17.6 Å². The number of hydrogen-bond acceptors (Lipinski definition) is 4. The van der Waals surface area contributed by atoms with Crippen LogP contribution in [0, 0.1) is 6.92 Å². The van der Waals surface area contributed by atoms with Crippen molar-refractivity contribution in [3.8, 4) is 5.75 Å². The molecule has 0 saturated carbocycles. The first-order valence-electron chi connectivity index (χ1n) is 6.14. The van der Waals surface area contributed by atoms with Crippen molar-refractivity contribution in [2.45, 2.75) is 19.9 Å². The van der Waals surface area contributed by atoms with Crippen LogP contribution >= 0.6 is 15.9 Å². The fourth-order valence-corrected chi connectivity index (χ4v) is 2.38. The lowest BCUT2D eigenvalue weighted by molar-refractivity contribution is -0.124. The molecule has 0 aromatic heterocycles. The highest BCUT2D eigenvalue weighted by Crippen LogP contribution is 2.26. The smallest absolute Gasteiger partial charge is 0.258 e. The van der Waals surface area contributed by atoms with Crippen LogP contribution in [0.15, 0.2) is 16.6 Å². The van der Waals surface area contributed by atoms with Crippen LogP contribution in [0.25, 0.3) is 0 Å². The number of aldehydes is 1. The Morgan fingerprint density at radius 2 is 2.20 bits per heavy atom. The second-order valence-corrected chi connectivity index (χ2v) is 5.39. The molecule has 0 aliphatic carbocycles. The van der Waals surface area contributed by atoms with Crippen LogP contribution in [0.1, 0.15) is 22.8 Å². The van der Waals surface area contributed by atoms with Crippen molar-refractivity contribution in [1.29, 1.82) is 0 Å². The van der Waals surface area contributed by atoms with Crippen LogP contribution in [-0.4, -0.2) is 38.6 Å². The average molecular weight is 344 g/mol. The van der Waals surface area contributed by atoms with Gasteiger partial charge in [0.05, 0.1) is 12.2 Å². The zero-order valence-corrected chi connectivity index (χ0v) is 13.3. The zero-order chi connectivity index (χ0) is 15.1. The van der Waals surface area contributed by atoms with E-state index in [2.05, 4.69) is 21.2 Å². The molecule has 0 heterocycles. The Morgan fingerprint density at radius 3 is 2.80 bits per heavy atom. The molecule has 1 amide bonds. The number of amides is 1. The molecule has 1 aromatic rings. The number of rotatable bonds is 7. The highest BCUT2D eigenvalue weighted by atomic mass is 79.9. The number of carbonyl (C=O) groups excluding carboxylic acids is 2. The molecular formula is C14H18BrNO4. The SMILES string of the molecule is COCC(C)NC(=O)COc1c(C)cc(Br)cc1C=O. The van der Waals surface area contributed by atoms with Crippen LogP contribution in [0.5, 0.6) is 5.75 Å². The fourth-order valence-electron chi connectivity index (χ4n) is 1.79. The molecule has 110 valence electrons. The first-order valence-corrected chi connectivity index (χ1v) is 6.93. The molecule has 1 unspecified atom stereocenters. The summed E-state index contributed by atoms with van der Waals surface area (Å²) in [5.41, 5.74) is 1.20. The van der Waals surface area contributed by atoms with E-state index in [1.54, 1.807) is 13.2 Å². The van der Waals surface area contributed by atoms with E-state index < -0.39 is 0 Å². The summed E-state index contributed by atoms with van der Waals surface area (Å²) in [7, 11) is 1.57. The summed E-state index contributed by atoms with van der Waals surface area (Å²) in [6, 6.07) is 3.39. The van der Waals surface area contributed by atoms with Gasteiger partial charge in [0.25, 0.3) is 5.91 Å². The number of methoxy groups -OCH3 is 1. The summed E-state index contributed by atoms with van der Waals surface area (Å²) in [4.78, 5) is 22.7. The van der Waals surface area contributed by atoms with Crippen LogP contribution in [0.3, 0.4) is 0 Å². The first-order chi connectivity index (χ1) is 9.47. The molecule has 0 aliphatic heterocycles. The summed E-state index contributed by atoms with van der Waals surface area (Å²) < 4.78 is 11.2. The van der Waals surface area contributed by atoms with Crippen molar-refractivity contribution in [1.82, 2.24) is 5.32 Å². The predicted molar refractivity (Wildman–Crippen MR) is 79.2 cm³/mol. The summed E-state index contributed by atoms with van der Waals surface area (Å²) in [5, 5.41) is 2.73.